The second-order valence-electron chi connectivity index (χ2n) is 16.3. The number of aliphatic carboxylic acids is 2. The standard InChI is InChI=1S/C42H60N12O13S2/c1-21(55)34-39(64)50-26(8-4-12-46-42(44)45)35(60)49-27(10-11-33(58)59)36(61)51-28(14-22-16-47-25-7-3-2-6-24(22)25)40(65)54-13-5-9-31(54)38(63)52-30(41(66)67)20-69-18-23(56)17-68-19-29(37(62)53-34)48-32(57)15-43/h2-3,6-7,16,21,26-31,34,47,55H,4-5,8-15,17-20,43H2,1H3,(H,48,57)(H,49,60)(H,50,64)(H,51,61)(H,52,63)(H,53,62)(H,58,59)(H,66,67)(H4,44,45,46)/t21-,26+,27+,28+,29+,30+,31+,34+/m1/s1. The number of ketones is 1. The summed E-state index contributed by atoms with van der Waals surface area (Å²) >= 11 is 1.83. The van der Waals surface area contributed by atoms with E-state index in [1.165, 1.54) is 11.8 Å². The van der Waals surface area contributed by atoms with Crippen LogP contribution in [-0.4, -0.2) is 181 Å². The predicted molar refractivity (Wildman–Crippen MR) is 253 cm³/mol. The van der Waals surface area contributed by atoms with E-state index >= 15 is 0 Å². The maximum Gasteiger partial charge on any atom is 0.327 e. The number of nitrogens with two attached hydrogens (primary N) is 3. The number of guanidine groups is 1. The fourth-order valence-electron chi connectivity index (χ4n) is 7.50. The summed E-state index contributed by atoms with van der Waals surface area (Å²) in [5.74, 6) is -10.7. The summed E-state index contributed by atoms with van der Waals surface area (Å²) in [7, 11) is 0. The summed E-state index contributed by atoms with van der Waals surface area (Å²) in [4.78, 5) is 142. The summed E-state index contributed by atoms with van der Waals surface area (Å²) < 4.78 is 0. The first-order valence-electron chi connectivity index (χ1n) is 22.0. The number of thioether (sulfide) groups is 2. The van der Waals surface area contributed by atoms with Gasteiger partial charge in [0.1, 0.15) is 42.3 Å². The van der Waals surface area contributed by atoms with Gasteiger partial charge >= 0.3 is 11.9 Å². The summed E-state index contributed by atoms with van der Waals surface area (Å²) in [5.41, 5.74) is 17.7. The number of aromatic amines is 1. The van der Waals surface area contributed by atoms with Gasteiger partial charge in [-0.3, -0.25) is 48.1 Å². The van der Waals surface area contributed by atoms with E-state index in [9.17, 15) is 63.3 Å². The molecular weight excluding hydrogens is 945 g/mol. The summed E-state index contributed by atoms with van der Waals surface area (Å²) in [6, 6.07) is -3.36. The van der Waals surface area contributed by atoms with E-state index in [1.807, 2.05) is 0 Å². The predicted octanol–water partition coefficient (Wildman–Crippen LogP) is -4.00. The third kappa shape index (κ3) is 16.9. The lowest BCUT2D eigenvalue weighted by Gasteiger charge is -2.31. The van der Waals surface area contributed by atoms with Gasteiger partial charge in [0.25, 0.3) is 0 Å². The lowest BCUT2D eigenvalue weighted by Crippen LogP contribution is -2.61. The molecule has 0 unspecified atom stereocenters. The first kappa shape index (κ1) is 55.1. The Bertz CT molecular complexity index is 2240. The number of fused-ring (bicyclic) bond motifs is 2. The van der Waals surface area contributed by atoms with Crippen LogP contribution in [0.25, 0.3) is 10.9 Å². The number of carbonyl (C=O) groups is 10. The van der Waals surface area contributed by atoms with Crippen LogP contribution >= 0.6 is 23.5 Å². The molecule has 25 nitrogen and oxygen atoms in total. The van der Waals surface area contributed by atoms with Gasteiger partial charge in [-0.15, -0.1) is 0 Å². The third-order valence-electron chi connectivity index (χ3n) is 11.0. The number of amides is 7. The summed E-state index contributed by atoms with van der Waals surface area (Å²) in [6.07, 6.45) is -0.992. The Labute approximate surface area is 404 Å². The van der Waals surface area contributed by atoms with E-state index in [2.05, 4.69) is 41.9 Å². The zero-order chi connectivity index (χ0) is 50.8. The van der Waals surface area contributed by atoms with Gasteiger partial charge in [-0.1, -0.05) is 18.2 Å². The van der Waals surface area contributed by atoms with E-state index in [-0.39, 0.29) is 67.7 Å². The van der Waals surface area contributed by atoms with Crippen molar-refractivity contribution in [3.63, 3.8) is 0 Å². The number of nitrogens with one attached hydrogen (secondary N) is 7. The second-order valence-corrected chi connectivity index (χ2v) is 18.4. The van der Waals surface area contributed by atoms with Gasteiger partial charge in [0.2, 0.25) is 41.4 Å². The van der Waals surface area contributed by atoms with E-state index in [1.54, 1.807) is 30.5 Å². The molecule has 378 valence electrons. The van der Waals surface area contributed by atoms with Crippen LogP contribution in [0.5, 0.6) is 0 Å². The van der Waals surface area contributed by atoms with Crippen molar-refractivity contribution in [1.29, 1.82) is 0 Å². The molecule has 0 saturated carbocycles. The zero-order valence-corrected chi connectivity index (χ0v) is 39.4. The Morgan fingerprint density at radius 1 is 0.855 bits per heavy atom. The fraction of sp³-hybridized carbons (Fsp3) is 0.548. The van der Waals surface area contributed by atoms with Crippen LogP contribution in [0, 0.1) is 0 Å². The molecule has 2 aliphatic heterocycles. The Balaban J connectivity index is 1.76. The molecule has 7 amide bonds. The van der Waals surface area contributed by atoms with Crippen LogP contribution in [0.4, 0.5) is 0 Å². The van der Waals surface area contributed by atoms with Crippen molar-refractivity contribution in [1.82, 2.24) is 41.8 Å². The van der Waals surface area contributed by atoms with E-state index in [0.29, 0.717) is 22.9 Å². The topological polar surface area (TPSA) is 413 Å². The van der Waals surface area contributed by atoms with E-state index in [0.717, 1.165) is 23.5 Å². The quantitative estimate of drug-likeness (QED) is 0.0517. The number of Topliss-reactive ketones (excluding diaryl/α,β-unsaturated/α-hetero) is 1. The van der Waals surface area contributed by atoms with Crippen LogP contribution in [0.1, 0.15) is 51.0 Å². The molecule has 2 aromatic rings. The van der Waals surface area contributed by atoms with Gasteiger partial charge in [0.15, 0.2) is 11.7 Å². The molecule has 69 heavy (non-hydrogen) atoms. The first-order chi connectivity index (χ1) is 32.8. The van der Waals surface area contributed by atoms with Crippen LogP contribution in [0.2, 0.25) is 0 Å². The highest BCUT2D eigenvalue weighted by Crippen LogP contribution is 2.24. The Morgan fingerprint density at radius 3 is 2.16 bits per heavy atom. The summed E-state index contributed by atoms with van der Waals surface area (Å²) in [5, 5.41) is 45.9. The number of carbonyl (C=O) groups excluding carboxylic acids is 8. The van der Waals surface area contributed by atoms with Crippen molar-refractivity contribution >= 4 is 99.5 Å². The minimum absolute atomic E-state index is 0.0348. The number of aliphatic hydroxyl groups is 1. The number of nitrogens with zero attached hydrogens (tertiary/aromatic N) is 2. The van der Waals surface area contributed by atoms with Gasteiger partial charge < -0.3 is 74.3 Å². The molecule has 0 radical (unpaired) electrons. The molecule has 4 rings (SSSR count). The number of H-pyrrole nitrogens is 1. The molecule has 1 aromatic heterocycles. The van der Waals surface area contributed by atoms with E-state index in [4.69, 9.17) is 17.2 Å². The molecule has 1 aromatic carbocycles. The molecule has 2 fully saturated rings. The molecule has 0 bridgehead atoms. The number of benzene rings is 1. The molecule has 2 aliphatic rings. The van der Waals surface area contributed by atoms with Gasteiger partial charge in [-0.05, 0) is 50.7 Å². The molecule has 2 saturated heterocycles. The molecule has 3 heterocycles. The molecule has 16 N–H and O–H groups in total. The highest BCUT2D eigenvalue weighted by atomic mass is 32.2. The molecule has 0 aliphatic carbocycles. The highest BCUT2D eigenvalue weighted by Gasteiger charge is 2.40. The zero-order valence-electron chi connectivity index (χ0n) is 37.8. The van der Waals surface area contributed by atoms with Crippen LogP contribution in [-0.2, 0) is 54.4 Å². The number of aliphatic hydroxyl groups excluding tert-OH is 1. The SMILES string of the molecule is C[C@@H](O)[C@@H]1NC(=O)[C@@H](NC(=O)CN)CSCC(=O)CSC[C@@H](C(=O)O)NC(=O)[C@@H]2CCCN2C(=O)[C@H](Cc2c[nH]c3ccccc23)NC(=O)[C@H](CCC(=O)O)NC(=O)[C@H](CCCN=C(N)N)NC1=O. The van der Waals surface area contributed by atoms with Crippen LogP contribution < -0.4 is 49.1 Å². The average Bonchev–Trinajstić information content (AvgIpc) is 3.96. The fourth-order valence-corrected chi connectivity index (χ4v) is 9.46. The van der Waals surface area contributed by atoms with E-state index < -0.39 is 127 Å². The maximum absolute atomic E-state index is 14.6. The van der Waals surface area contributed by atoms with Crippen molar-refractivity contribution < 1.29 is 63.3 Å². The first-order valence-corrected chi connectivity index (χ1v) is 24.3. The minimum Gasteiger partial charge on any atom is -0.481 e. The van der Waals surface area contributed by atoms with Crippen molar-refractivity contribution in [2.45, 2.75) is 100 Å². The molecule has 27 heteroatoms. The normalized spacial score (nSPS) is 24.7. The summed E-state index contributed by atoms with van der Waals surface area (Å²) in [6.45, 7) is 0.641. The lowest BCUT2D eigenvalue weighted by molar-refractivity contribution is -0.144. The monoisotopic (exact) mass is 1000 g/mol. The van der Waals surface area contributed by atoms with Crippen molar-refractivity contribution in [2.75, 3.05) is 42.6 Å². The van der Waals surface area contributed by atoms with Crippen LogP contribution in [0.15, 0.2) is 35.5 Å². The number of hydrogen-bond donors (Lipinski definition) is 13. The number of rotatable bonds is 13. The van der Waals surface area contributed by atoms with Crippen molar-refractivity contribution in [3.8, 4) is 0 Å². The number of para-hydroxylation sites is 1. The minimum atomic E-state index is -1.76. The average molecular weight is 1010 g/mol. The molecule has 8 atom stereocenters. The van der Waals surface area contributed by atoms with Crippen molar-refractivity contribution in [2.24, 2.45) is 22.2 Å². The van der Waals surface area contributed by atoms with Crippen molar-refractivity contribution in [3.05, 3.63) is 36.0 Å². The Hall–Kier alpha value is -6.45. The van der Waals surface area contributed by atoms with Gasteiger partial charge in [0, 0.05) is 54.5 Å². The number of hydrogen-bond acceptors (Lipinski definition) is 15. The number of aromatic nitrogens is 1. The van der Waals surface area contributed by atoms with Gasteiger partial charge in [-0.2, -0.15) is 23.5 Å². The third-order valence-corrected chi connectivity index (χ3v) is 13.2. The Morgan fingerprint density at radius 2 is 1.51 bits per heavy atom. The number of aliphatic imine (C=N–C) groups is 1. The Kier molecular flexibility index (Phi) is 21.5. The maximum atomic E-state index is 14.6. The van der Waals surface area contributed by atoms with Gasteiger partial charge in [-0.25, -0.2) is 4.79 Å². The second kappa shape index (κ2) is 26.9. The van der Waals surface area contributed by atoms with Crippen LogP contribution in [0.3, 0.4) is 0 Å². The number of carboxylic acids is 2. The molecule has 0 spiro atoms. The number of carboxylic acid groups (broad SMARTS) is 2. The van der Waals surface area contributed by atoms with Gasteiger partial charge in [0.05, 0.1) is 24.2 Å². The lowest BCUT2D eigenvalue weighted by atomic mass is 10.0. The highest BCUT2D eigenvalue weighted by molar-refractivity contribution is 8.01. The largest absolute Gasteiger partial charge is 0.481 e. The smallest absolute Gasteiger partial charge is 0.327 e. The molecular formula is C42H60N12O13S2.